The predicted molar refractivity (Wildman–Crippen MR) is 70.2 cm³/mol. The molecule has 0 saturated carbocycles. The van der Waals surface area contributed by atoms with E-state index in [0.29, 0.717) is 22.2 Å². The van der Waals surface area contributed by atoms with Gasteiger partial charge in [0.05, 0.1) is 16.7 Å². The van der Waals surface area contributed by atoms with Crippen molar-refractivity contribution in [3.63, 3.8) is 0 Å². The average molecular weight is 256 g/mol. The molecule has 17 heavy (non-hydrogen) atoms. The minimum Gasteiger partial charge on any atom is -0.459 e. The molecular weight excluding hydrogens is 238 g/mol. The first-order chi connectivity index (χ1) is 7.90. The Hall–Kier alpha value is -1.22. The van der Waals surface area contributed by atoms with E-state index in [0.717, 1.165) is 6.42 Å². The molecule has 0 amide bonds. The highest BCUT2D eigenvalue weighted by molar-refractivity contribution is 6.33. The quantitative estimate of drug-likeness (QED) is 0.662. The summed E-state index contributed by atoms with van der Waals surface area (Å²) in [5.74, 6) is 0.0860. The lowest BCUT2D eigenvalue weighted by molar-refractivity contribution is 0.0300. The minimum atomic E-state index is -0.400. The third kappa shape index (κ3) is 4.27. The van der Waals surface area contributed by atoms with E-state index < -0.39 is 5.97 Å². The van der Waals surface area contributed by atoms with E-state index in [1.807, 2.05) is 6.92 Å². The zero-order valence-electron chi connectivity index (χ0n) is 10.4. The van der Waals surface area contributed by atoms with Crippen molar-refractivity contribution in [2.45, 2.75) is 33.3 Å². The summed E-state index contributed by atoms with van der Waals surface area (Å²) in [7, 11) is 0. The average Bonchev–Trinajstić information content (AvgIpc) is 2.15. The van der Waals surface area contributed by atoms with Crippen LogP contribution < -0.4 is 5.73 Å². The van der Waals surface area contributed by atoms with Crippen molar-refractivity contribution >= 4 is 23.3 Å². The zero-order chi connectivity index (χ0) is 13.0. The fourth-order valence-corrected chi connectivity index (χ4v) is 1.92. The van der Waals surface area contributed by atoms with Crippen molar-refractivity contribution in [3.8, 4) is 0 Å². The molecule has 0 aliphatic rings. The van der Waals surface area contributed by atoms with Gasteiger partial charge in [0, 0.05) is 5.69 Å². The molecule has 1 atom stereocenters. The summed E-state index contributed by atoms with van der Waals surface area (Å²) in [6, 6.07) is 4.77. The van der Waals surface area contributed by atoms with Crippen LogP contribution >= 0.6 is 11.6 Å². The lowest BCUT2D eigenvalue weighted by Crippen LogP contribution is -2.17. The van der Waals surface area contributed by atoms with Crippen LogP contribution in [0, 0.1) is 5.92 Å². The number of rotatable bonds is 4. The first-order valence-electron chi connectivity index (χ1n) is 5.66. The van der Waals surface area contributed by atoms with Gasteiger partial charge in [-0.15, -0.1) is 0 Å². The number of benzene rings is 1. The van der Waals surface area contributed by atoms with Crippen molar-refractivity contribution in [1.29, 1.82) is 0 Å². The number of hydrogen-bond acceptors (Lipinski definition) is 3. The van der Waals surface area contributed by atoms with Crippen LogP contribution in [0.25, 0.3) is 0 Å². The van der Waals surface area contributed by atoms with Crippen molar-refractivity contribution in [2.24, 2.45) is 5.92 Å². The molecule has 0 fully saturated rings. The largest absolute Gasteiger partial charge is 0.459 e. The summed E-state index contributed by atoms with van der Waals surface area (Å²) in [6.45, 7) is 6.05. The molecule has 1 aromatic carbocycles. The number of carbonyl (C=O) groups is 1. The summed E-state index contributed by atoms with van der Waals surface area (Å²) in [4.78, 5) is 11.8. The number of ether oxygens (including phenoxy) is 1. The van der Waals surface area contributed by atoms with Crippen molar-refractivity contribution in [1.82, 2.24) is 0 Å². The molecule has 1 unspecified atom stereocenters. The van der Waals surface area contributed by atoms with E-state index in [9.17, 15) is 4.79 Å². The molecule has 0 bridgehead atoms. The SMILES string of the molecule is CC(C)CC(C)OC(=O)c1ccc(N)cc1Cl. The summed E-state index contributed by atoms with van der Waals surface area (Å²) < 4.78 is 5.30. The summed E-state index contributed by atoms with van der Waals surface area (Å²) in [5.41, 5.74) is 6.45. The number of carbonyl (C=O) groups excluding carboxylic acids is 1. The van der Waals surface area contributed by atoms with Gasteiger partial charge in [-0.3, -0.25) is 0 Å². The molecule has 0 aliphatic carbocycles. The highest BCUT2D eigenvalue weighted by Crippen LogP contribution is 2.21. The monoisotopic (exact) mass is 255 g/mol. The van der Waals surface area contributed by atoms with Crippen LogP contribution in [0.15, 0.2) is 18.2 Å². The van der Waals surface area contributed by atoms with Crippen LogP contribution in [-0.4, -0.2) is 12.1 Å². The first kappa shape index (κ1) is 13.8. The van der Waals surface area contributed by atoms with Gasteiger partial charge in [0.1, 0.15) is 0 Å². The normalized spacial score (nSPS) is 12.5. The topological polar surface area (TPSA) is 52.3 Å². The number of halogens is 1. The molecule has 0 radical (unpaired) electrons. The Labute approximate surface area is 107 Å². The first-order valence-corrected chi connectivity index (χ1v) is 6.04. The molecule has 0 saturated heterocycles. The molecule has 0 heterocycles. The maximum atomic E-state index is 11.8. The van der Waals surface area contributed by atoms with E-state index in [1.54, 1.807) is 18.2 Å². The predicted octanol–water partition coefficient (Wildman–Crippen LogP) is 3.51. The Balaban J connectivity index is 2.70. The molecule has 3 nitrogen and oxygen atoms in total. The summed E-state index contributed by atoms with van der Waals surface area (Å²) in [5, 5.41) is 0.326. The van der Waals surface area contributed by atoms with Gasteiger partial charge in [-0.1, -0.05) is 25.4 Å². The van der Waals surface area contributed by atoms with Crippen LogP contribution in [0.4, 0.5) is 5.69 Å². The molecule has 94 valence electrons. The Kier molecular flexibility index (Phi) is 4.82. The van der Waals surface area contributed by atoms with Crippen molar-refractivity contribution in [2.75, 3.05) is 5.73 Å². The van der Waals surface area contributed by atoms with E-state index in [4.69, 9.17) is 22.1 Å². The lowest BCUT2D eigenvalue weighted by Gasteiger charge is -2.15. The minimum absolute atomic E-state index is 0.115. The Morgan fingerprint density at radius 1 is 1.41 bits per heavy atom. The number of esters is 1. The molecule has 0 spiro atoms. The van der Waals surface area contributed by atoms with Gasteiger partial charge in [-0.25, -0.2) is 4.79 Å². The second-order valence-electron chi connectivity index (χ2n) is 4.58. The van der Waals surface area contributed by atoms with Crippen LogP contribution in [0.5, 0.6) is 0 Å². The van der Waals surface area contributed by atoms with E-state index >= 15 is 0 Å². The second-order valence-corrected chi connectivity index (χ2v) is 4.99. The highest BCUT2D eigenvalue weighted by atomic mass is 35.5. The summed E-state index contributed by atoms with van der Waals surface area (Å²) >= 11 is 5.93. The smallest absolute Gasteiger partial charge is 0.339 e. The van der Waals surface area contributed by atoms with Gasteiger partial charge in [0.25, 0.3) is 0 Å². The van der Waals surface area contributed by atoms with E-state index in [2.05, 4.69) is 13.8 Å². The third-order valence-electron chi connectivity index (χ3n) is 2.32. The van der Waals surface area contributed by atoms with Crippen LogP contribution in [0.1, 0.15) is 37.6 Å². The van der Waals surface area contributed by atoms with Gasteiger partial charge in [-0.05, 0) is 37.5 Å². The Morgan fingerprint density at radius 3 is 2.59 bits per heavy atom. The van der Waals surface area contributed by atoms with Crippen molar-refractivity contribution < 1.29 is 9.53 Å². The Morgan fingerprint density at radius 2 is 2.06 bits per heavy atom. The van der Waals surface area contributed by atoms with Gasteiger partial charge in [0.15, 0.2) is 0 Å². The van der Waals surface area contributed by atoms with Gasteiger partial charge in [-0.2, -0.15) is 0 Å². The highest BCUT2D eigenvalue weighted by Gasteiger charge is 2.16. The standard InChI is InChI=1S/C13H18ClNO2/c1-8(2)6-9(3)17-13(16)11-5-4-10(15)7-12(11)14/h4-5,7-9H,6,15H2,1-3H3. The molecule has 2 N–H and O–H groups in total. The molecule has 1 rings (SSSR count). The van der Waals surface area contributed by atoms with E-state index in [1.165, 1.54) is 0 Å². The molecule has 4 heteroatoms. The molecule has 0 aromatic heterocycles. The Bertz CT molecular complexity index is 404. The number of hydrogen-bond donors (Lipinski definition) is 1. The fraction of sp³-hybridized carbons (Fsp3) is 0.462. The van der Waals surface area contributed by atoms with Crippen LogP contribution in [0.2, 0.25) is 5.02 Å². The molecule has 1 aromatic rings. The maximum absolute atomic E-state index is 11.8. The molecular formula is C13H18ClNO2. The number of nitrogens with two attached hydrogens (primary N) is 1. The van der Waals surface area contributed by atoms with Gasteiger partial charge >= 0.3 is 5.97 Å². The van der Waals surface area contributed by atoms with Crippen molar-refractivity contribution in [3.05, 3.63) is 28.8 Å². The van der Waals surface area contributed by atoms with Gasteiger partial charge < -0.3 is 10.5 Å². The second kappa shape index (κ2) is 5.92. The summed E-state index contributed by atoms with van der Waals surface area (Å²) in [6.07, 6.45) is 0.717. The zero-order valence-corrected chi connectivity index (χ0v) is 11.1. The van der Waals surface area contributed by atoms with Crippen LogP contribution in [-0.2, 0) is 4.74 Å². The number of anilines is 1. The number of nitrogen functional groups attached to an aromatic ring is 1. The third-order valence-corrected chi connectivity index (χ3v) is 2.64. The van der Waals surface area contributed by atoms with E-state index in [-0.39, 0.29) is 6.10 Å². The molecule has 0 aliphatic heterocycles. The fourth-order valence-electron chi connectivity index (χ4n) is 1.66. The van der Waals surface area contributed by atoms with Gasteiger partial charge in [0.2, 0.25) is 0 Å². The van der Waals surface area contributed by atoms with Crippen LogP contribution in [0.3, 0.4) is 0 Å². The lowest BCUT2D eigenvalue weighted by atomic mass is 10.1. The maximum Gasteiger partial charge on any atom is 0.339 e.